The molecule has 0 aromatic heterocycles. The van der Waals surface area contributed by atoms with Crippen molar-refractivity contribution in [3.8, 4) is 0 Å². The number of nitrogens with zero attached hydrogens (tertiary/aromatic N) is 1. The van der Waals surface area contributed by atoms with Crippen molar-refractivity contribution in [1.82, 2.24) is 5.43 Å². The predicted molar refractivity (Wildman–Crippen MR) is 36.7 cm³/mol. The Morgan fingerprint density at radius 2 is 2.50 bits per heavy atom. The molecule has 46 valence electrons. The Bertz CT molecular complexity index is 94.7. The lowest BCUT2D eigenvalue weighted by Gasteiger charge is -1.98. The highest BCUT2D eigenvalue weighted by Crippen LogP contribution is 1.92. The summed E-state index contributed by atoms with van der Waals surface area (Å²) in [5, 5.41) is 3.51. The Balaban J connectivity index is 3.53. The summed E-state index contributed by atoms with van der Waals surface area (Å²) in [6, 6.07) is 0. The van der Waals surface area contributed by atoms with Gasteiger partial charge in [0, 0.05) is 12.4 Å². The molecule has 0 saturated carbocycles. The van der Waals surface area contributed by atoms with Crippen molar-refractivity contribution in [2.45, 2.75) is 20.3 Å². The highest BCUT2D eigenvalue weighted by Gasteiger charge is 1.82. The third kappa shape index (κ3) is 2.39. The van der Waals surface area contributed by atoms with Gasteiger partial charge in [0.2, 0.25) is 0 Å². The van der Waals surface area contributed by atoms with Crippen LogP contribution in [-0.2, 0) is 0 Å². The summed E-state index contributed by atoms with van der Waals surface area (Å²) in [5.74, 6) is 0. The first-order valence-electron chi connectivity index (χ1n) is 2.72. The second kappa shape index (κ2) is 4.37. The molecule has 0 spiro atoms. The minimum Gasteiger partial charge on any atom is -0.284 e. The first kappa shape index (κ1) is 7.21. The molecule has 0 amide bonds. The maximum Gasteiger partial charge on any atom is 0.0290 e. The second-order valence-corrected chi connectivity index (χ2v) is 1.44. The summed E-state index contributed by atoms with van der Waals surface area (Å²) in [4.78, 5) is 0. The van der Waals surface area contributed by atoms with Gasteiger partial charge in [0.1, 0.15) is 0 Å². The third-order valence-electron chi connectivity index (χ3n) is 0.952. The molecule has 0 aliphatic carbocycles. The number of hydrogen-bond acceptors (Lipinski definition) is 2. The number of hydrogen-bond donors (Lipinski definition) is 1. The van der Waals surface area contributed by atoms with E-state index in [1.165, 1.54) is 0 Å². The van der Waals surface area contributed by atoms with E-state index in [4.69, 9.17) is 0 Å². The SMILES string of the molecule is C=NN/C(=C/C)CC. The molecular formula is C6H12N2. The fourth-order valence-electron chi connectivity index (χ4n) is 0.449. The maximum absolute atomic E-state index is 3.51. The molecule has 0 aromatic carbocycles. The zero-order chi connectivity index (χ0) is 6.41. The van der Waals surface area contributed by atoms with Crippen LogP contribution >= 0.6 is 0 Å². The summed E-state index contributed by atoms with van der Waals surface area (Å²) < 4.78 is 0. The van der Waals surface area contributed by atoms with Crippen LogP contribution in [0, 0.1) is 0 Å². The first-order valence-corrected chi connectivity index (χ1v) is 2.72. The van der Waals surface area contributed by atoms with Crippen LogP contribution in [0.3, 0.4) is 0 Å². The molecule has 2 heteroatoms. The monoisotopic (exact) mass is 112 g/mol. The van der Waals surface area contributed by atoms with Crippen molar-refractivity contribution in [2.24, 2.45) is 5.10 Å². The van der Waals surface area contributed by atoms with Crippen LogP contribution in [0.25, 0.3) is 0 Å². The minimum absolute atomic E-state index is 0.982. The lowest BCUT2D eigenvalue weighted by atomic mass is 10.3. The van der Waals surface area contributed by atoms with Gasteiger partial charge >= 0.3 is 0 Å². The third-order valence-corrected chi connectivity index (χ3v) is 0.952. The van der Waals surface area contributed by atoms with Crippen LogP contribution in [0.15, 0.2) is 16.9 Å². The van der Waals surface area contributed by atoms with E-state index in [1.54, 1.807) is 0 Å². The van der Waals surface area contributed by atoms with E-state index in [2.05, 4.69) is 24.2 Å². The van der Waals surface area contributed by atoms with Crippen molar-refractivity contribution in [3.05, 3.63) is 11.8 Å². The van der Waals surface area contributed by atoms with Crippen molar-refractivity contribution in [3.63, 3.8) is 0 Å². The van der Waals surface area contributed by atoms with Gasteiger partial charge in [-0.05, 0) is 13.3 Å². The van der Waals surface area contributed by atoms with Crippen molar-refractivity contribution in [1.29, 1.82) is 0 Å². The van der Waals surface area contributed by atoms with Crippen LogP contribution in [0.5, 0.6) is 0 Å². The zero-order valence-electron chi connectivity index (χ0n) is 5.44. The van der Waals surface area contributed by atoms with Crippen LogP contribution in [-0.4, -0.2) is 6.72 Å². The highest BCUT2D eigenvalue weighted by atomic mass is 15.3. The van der Waals surface area contributed by atoms with Gasteiger partial charge in [-0.1, -0.05) is 13.0 Å². The van der Waals surface area contributed by atoms with Gasteiger partial charge in [-0.15, -0.1) is 0 Å². The normalized spacial score (nSPS) is 11.0. The van der Waals surface area contributed by atoms with Crippen LogP contribution in [0.2, 0.25) is 0 Å². The average molecular weight is 112 g/mol. The lowest BCUT2D eigenvalue weighted by Crippen LogP contribution is -2.01. The van der Waals surface area contributed by atoms with Gasteiger partial charge in [-0.3, -0.25) is 5.43 Å². The molecule has 0 aromatic rings. The Labute approximate surface area is 50.3 Å². The summed E-state index contributed by atoms with van der Waals surface area (Å²) in [5.41, 5.74) is 3.87. The molecule has 0 rings (SSSR count). The molecule has 0 heterocycles. The van der Waals surface area contributed by atoms with Crippen LogP contribution in [0.1, 0.15) is 20.3 Å². The molecular weight excluding hydrogens is 100 g/mol. The molecule has 0 atom stereocenters. The molecule has 1 N–H and O–H groups in total. The average Bonchev–Trinajstić information content (AvgIpc) is 1.83. The number of rotatable bonds is 3. The predicted octanol–water partition coefficient (Wildman–Crippen LogP) is 1.51. The van der Waals surface area contributed by atoms with E-state index in [1.807, 2.05) is 13.0 Å². The van der Waals surface area contributed by atoms with Gasteiger partial charge < -0.3 is 0 Å². The van der Waals surface area contributed by atoms with Crippen LogP contribution < -0.4 is 5.43 Å². The summed E-state index contributed by atoms with van der Waals surface area (Å²) >= 11 is 0. The number of allylic oxidation sites excluding steroid dienone is 2. The quantitative estimate of drug-likeness (QED) is 0.434. The minimum atomic E-state index is 0.982. The van der Waals surface area contributed by atoms with Crippen molar-refractivity contribution < 1.29 is 0 Å². The standard InChI is InChI=1S/C6H12N2/c1-4-6(5-2)8-7-3/h4,8H,3,5H2,1-2H3/b6-4+. The van der Waals surface area contributed by atoms with E-state index in [0.717, 1.165) is 12.1 Å². The van der Waals surface area contributed by atoms with E-state index in [-0.39, 0.29) is 0 Å². The molecule has 0 unspecified atom stereocenters. The molecule has 0 bridgehead atoms. The van der Waals surface area contributed by atoms with E-state index >= 15 is 0 Å². The topological polar surface area (TPSA) is 24.4 Å². The molecule has 0 radical (unpaired) electrons. The van der Waals surface area contributed by atoms with Crippen molar-refractivity contribution in [2.75, 3.05) is 0 Å². The smallest absolute Gasteiger partial charge is 0.0290 e. The maximum atomic E-state index is 3.51. The van der Waals surface area contributed by atoms with Gasteiger partial charge in [0.05, 0.1) is 0 Å². The second-order valence-electron chi connectivity index (χ2n) is 1.44. The molecule has 0 saturated heterocycles. The van der Waals surface area contributed by atoms with Gasteiger partial charge in [-0.2, -0.15) is 5.10 Å². The number of nitrogens with one attached hydrogen (secondary N) is 1. The fraction of sp³-hybridized carbons (Fsp3) is 0.500. The van der Waals surface area contributed by atoms with E-state index < -0.39 is 0 Å². The Hall–Kier alpha value is -0.790. The largest absolute Gasteiger partial charge is 0.284 e. The molecule has 8 heavy (non-hydrogen) atoms. The first-order chi connectivity index (χ1) is 3.85. The highest BCUT2D eigenvalue weighted by molar-refractivity contribution is 5.23. The zero-order valence-corrected chi connectivity index (χ0v) is 5.44. The van der Waals surface area contributed by atoms with Crippen molar-refractivity contribution >= 4 is 6.72 Å². The summed E-state index contributed by atoms with van der Waals surface area (Å²) in [7, 11) is 0. The van der Waals surface area contributed by atoms with Gasteiger partial charge in [0.15, 0.2) is 0 Å². The molecule has 2 nitrogen and oxygen atoms in total. The van der Waals surface area contributed by atoms with E-state index in [0.29, 0.717) is 0 Å². The molecule has 0 aliphatic heterocycles. The lowest BCUT2D eigenvalue weighted by molar-refractivity contribution is 0.833. The fourth-order valence-corrected chi connectivity index (χ4v) is 0.449. The summed E-state index contributed by atoms with van der Waals surface area (Å²) in [6.07, 6.45) is 2.96. The Kier molecular flexibility index (Phi) is 3.94. The van der Waals surface area contributed by atoms with Gasteiger partial charge in [-0.25, -0.2) is 0 Å². The van der Waals surface area contributed by atoms with Gasteiger partial charge in [0.25, 0.3) is 0 Å². The Morgan fingerprint density at radius 3 is 2.62 bits per heavy atom. The van der Waals surface area contributed by atoms with Crippen LogP contribution in [0.4, 0.5) is 0 Å². The number of hydrazone groups is 1. The molecule has 0 fully saturated rings. The Morgan fingerprint density at radius 1 is 1.88 bits per heavy atom. The van der Waals surface area contributed by atoms with E-state index in [9.17, 15) is 0 Å². The summed E-state index contributed by atoms with van der Waals surface area (Å²) in [6.45, 7) is 7.33. The molecule has 0 aliphatic rings.